The van der Waals surface area contributed by atoms with Crippen LogP contribution in [0.3, 0.4) is 0 Å². The molecule has 0 atom stereocenters. The second-order valence-electron chi connectivity index (χ2n) is 6.75. The molecule has 1 aromatic heterocycles. The summed E-state index contributed by atoms with van der Waals surface area (Å²) >= 11 is 0. The first-order valence-electron chi connectivity index (χ1n) is 8.87. The Kier molecular flexibility index (Phi) is 4.62. The topological polar surface area (TPSA) is 112 Å². The number of nitro benzene ring substituents is 1. The van der Waals surface area contributed by atoms with E-state index in [1.165, 1.54) is 12.1 Å². The van der Waals surface area contributed by atoms with E-state index in [0.29, 0.717) is 43.0 Å². The van der Waals surface area contributed by atoms with Gasteiger partial charge in [0.25, 0.3) is 5.56 Å². The summed E-state index contributed by atoms with van der Waals surface area (Å²) in [6.45, 7) is 1.55. The Labute approximate surface area is 160 Å². The third-order valence-electron chi connectivity index (χ3n) is 4.84. The smallest absolute Gasteiger partial charge is 0.311 e. The van der Waals surface area contributed by atoms with Crippen molar-refractivity contribution >= 4 is 5.69 Å². The normalized spacial score (nSPS) is 13.9. The van der Waals surface area contributed by atoms with Gasteiger partial charge in [0, 0.05) is 37.7 Å². The van der Waals surface area contributed by atoms with Gasteiger partial charge in [-0.05, 0) is 11.6 Å². The van der Waals surface area contributed by atoms with E-state index in [-0.39, 0.29) is 17.0 Å². The molecule has 0 aliphatic carbocycles. The van der Waals surface area contributed by atoms with Gasteiger partial charge in [-0.2, -0.15) is 0 Å². The van der Waals surface area contributed by atoms with E-state index in [9.17, 15) is 20.0 Å². The summed E-state index contributed by atoms with van der Waals surface area (Å²) in [4.78, 5) is 32.5. The molecule has 0 radical (unpaired) electrons. The Morgan fingerprint density at radius 1 is 1.21 bits per heavy atom. The van der Waals surface area contributed by atoms with Crippen molar-refractivity contribution in [2.24, 2.45) is 0 Å². The fourth-order valence-electron chi connectivity index (χ4n) is 3.42. The van der Waals surface area contributed by atoms with E-state index < -0.39 is 4.92 Å². The molecule has 8 heteroatoms. The zero-order valence-electron chi connectivity index (χ0n) is 15.0. The largest absolute Gasteiger partial charge is 0.502 e. The number of fused-ring (bicyclic) bond motifs is 1. The van der Waals surface area contributed by atoms with E-state index in [1.54, 1.807) is 6.07 Å². The molecular weight excluding hydrogens is 360 g/mol. The third kappa shape index (κ3) is 3.49. The lowest BCUT2D eigenvalue weighted by Gasteiger charge is -2.27. The number of rotatable bonds is 4. The number of nitrogens with one attached hydrogen (secondary N) is 1. The minimum absolute atomic E-state index is 0.162. The number of phenols is 1. The summed E-state index contributed by atoms with van der Waals surface area (Å²) in [5.74, 6) is 0.207. The first-order chi connectivity index (χ1) is 13.5. The predicted molar refractivity (Wildman–Crippen MR) is 103 cm³/mol. The number of aromatic amines is 1. The van der Waals surface area contributed by atoms with Gasteiger partial charge in [0.05, 0.1) is 16.2 Å². The summed E-state index contributed by atoms with van der Waals surface area (Å²) < 4.78 is 0. The number of aromatic nitrogens is 2. The summed E-state index contributed by atoms with van der Waals surface area (Å²) in [5, 5.41) is 20.6. The van der Waals surface area contributed by atoms with Crippen molar-refractivity contribution in [2.45, 2.75) is 19.5 Å². The fraction of sp³-hybridized carbons (Fsp3) is 0.200. The van der Waals surface area contributed by atoms with Crippen molar-refractivity contribution in [3.63, 3.8) is 0 Å². The number of benzene rings is 2. The van der Waals surface area contributed by atoms with E-state index in [1.807, 2.05) is 35.2 Å². The number of aromatic hydroxyl groups is 1. The molecule has 8 nitrogen and oxygen atoms in total. The molecule has 1 aliphatic heterocycles. The molecule has 0 unspecified atom stereocenters. The van der Waals surface area contributed by atoms with E-state index in [0.717, 1.165) is 11.3 Å². The van der Waals surface area contributed by atoms with Crippen LogP contribution in [0.1, 0.15) is 16.8 Å². The van der Waals surface area contributed by atoms with Crippen molar-refractivity contribution in [1.29, 1.82) is 0 Å². The standard InChI is InChI=1S/C20H18N4O4/c25-18-7-6-13(10-17(18)24(27)28)11-23-9-8-16-15(12-23)20(26)22-19(21-16)14-4-2-1-3-5-14/h1-7,10,25H,8-9,11-12H2,(H,21,22,26). The van der Waals surface area contributed by atoms with Gasteiger partial charge in [-0.3, -0.25) is 19.8 Å². The zero-order valence-corrected chi connectivity index (χ0v) is 15.0. The van der Waals surface area contributed by atoms with Crippen molar-refractivity contribution in [1.82, 2.24) is 14.9 Å². The summed E-state index contributed by atoms with van der Waals surface area (Å²) in [5.41, 5.74) is 2.50. The van der Waals surface area contributed by atoms with Crippen molar-refractivity contribution in [3.8, 4) is 17.1 Å². The van der Waals surface area contributed by atoms with Crippen LogP contribution in [-0.4, -0.2) is 31.4 Å². The van der Waals surface area contributed by atoms with E-state index in [2.05, 4.69) is 9.97 Å². The van der Waals surface area contributed by atoms with Gasteiger partial charge in [-0.15, -0.1) is 0 Å². The van der Waals surface area contributed by atoms with Crippen LogP contribution in [0.2, 0.25) is 0 Å². The number of hydrogen-bond donors (Lipinski definition) is 2. The van der Waals surface area contributed by atoms with Gasteiger partial charge in [-0.1, -0.05) is 36.4 Å². The molecule has 28 heavy (non-hydrogen) atoms. The monoisotopic (exact) mass is 378 g/mol. The van der Waals surface area contributed by atoms with E-state index >= 15 is 0 Å². The SMILES string of the molecule is O=c1[nH]c(-c2ccccc2)nc2c1CN(Cc1ccc(O)c([N+](=O)[O-])c1)CC2. The number of phenolic OH excluding ortho intramolecular Hbond substituents is 1. The Bertz CT molecular complexity index is 1100. The maximum atomic E-state index is 12.6. The fourth-order valence-corrected chi connectivity index (χ4v) is 3.42. The highest BCUT2D eigenvalue weighted by molar-refractivity contribution is 5.54. The van der Waals surface area contributed by atoms with Crippen molar-refractivity contribution in [3.05, 3.63) is 85.8 Å². The summed E-state index contributed by atoms with van der Waals surface area (Å²) in [7, 11) is 0. The Morgan fingerprint density at radius 3 is 2.75 bits per heavy atom. The Morgan fingerprint density at radius 2 is 2.00 bits per heavy atom. The first kappa shape index (κ1) is 17.9. The number of hydrogen-bond acceptors (Lipinski definition) is 6. The highest BCUT2D eigenvalue weighted by Crippen LogP contribution is 2.27. The highest BCUT2D eigenvalue weighted by atomic mass is 16.6. The molecule has 2 aromatic carbocycles. The van der Waals surface area contributed by atoms with Gasteiger partial charge >= 0.3 is 5.69 Å². The third-order valence-corrected chi connectivity index (χ3v) is 4.84. The lowest BCUT2D eigenvalue weighted by atomic mass is 10.0. The van der Waals surface area contributed by atoms with Gasteiger partial charge in [0.1, 0.15) is 5.82 Å². The zero-order chi connectivity index (χ0) is 19.7. The quantitative estimate of drug-likeness (QED) is 0.533. The predicted octanol–water partition coefficient (Wildman–Crippen LogP) is 2.61. The Hall–Kier alpha value is -3.52. The molecule has 142 valence electrons. The van der Waals surface area contributed by atoms with Crippen LogP contribution < -0.4 is 5.56 Å². The van der Waals surface area contributed by atoms with E-state index in [4.69, 9.17) is 0 Å². The molecule has 2 N–H and O–H groups in total. The van der Waals surface area contributed by atoms with Gasteiger partial charge in [0.15, 0.2) is 5.75 Å². The van der Waals surface area contributed by atoms with Crippen LogP contribution >= 0.6 is 0 Å². The van der Waals surface area contributed by atoms with Crippen LogP contribution in [0, 0.1) is 10.1 Å². The lowest BCUT2D eigenvalue weighted by molar-refractivity contribution is -0.385. The number of nitrogens with zero attached hydrogens (tertiary/aromatic N) is 3. The molecule has 0 spiro atoms. The van der Waals surface area contributed by atoms with Crippen molar-refractivity contribution < 1.29 is 10.0 Å². The second-order valence-corrected chi connectivity index (χ2v) is 6.75. The molecule has 0 saturated heterocycles. The average molecular weight is 378 g/mol. The number of H-pyrrole nitrogens is 1. The maximum Gasteiger partial charge on any atom is 0.311 e. The molecule has 4 rings (SSSR count). The number of nitro groups is 1. The Balaban J connectivity index is 1.57. The highest BCUT2D eigenvalue weighted by Gasteiger charge is 2.22. The van der Waals surface area contributed by atoms with Gasteiger partial charge in [0.2, 0.25) is 0 Å². The average Bonchev–Trinajstić information content (AvgIpc) is 2.70. The molecule has 0 bridgehead atoms. The second kappa shape index (κ2) is 7.24. The minimum Gasteiger partial charge on any atom is -0.502 e. The lowest BCUT2D eigenvalue weighted by Crippen LogP contribution is -2.35. The van der Waals surface area contributed by atoms with Crippen LogP contribution in [0.25, 0.3) is 11.4 Å². The first-order valence-corrected chi connectivity index (χ1v) is 8.87. The molecule has 0 amide bonds. The summed E-state index contributed by atoms with van der Waals surface area (Å²) in [6.07, 6.45) is 0.624. The van der Waals surface area contributed by atoms with Crippen LogP contribution in [-0.2, 0) is 19.5 Å². The molecular formula is C20H18N4O4. The van der Waals surface area contributed by atoms with Crippen LogP contribution in [0.4, 0.5) is 5.69 Å². The van der Waals surface area contributed by atoms with Crippen LogP contribution in [0.15, 0.2) is 53.3 Å². The molecule has 1 aliphatic rings. The summed E-state index contributed by atoms with van der Waals surface area (Å²) in [6, 6.07) is 13.8. The molecule has 3 aromatic rings. The minimum atomic E-state index is -0.607. The molecule has 0 saturated carbocycles. The molecule has 2 heterocycles. The van der Waals surface area contributed by atoms with Gasteiger partial charge < -0.3 is 10.1 Å². The van der Waals surface area contributed by atoms with Crippen LogP contribution in [0.5, 0.6) is 5.75 Å². The molecule has 0 fully saturated rings. The van der Waals surface area contributed by atoms with Crippen molar-refractivity contribution in [2.75, 3.05) is 6.54 Å². The van der Waals surface area contributed by atoms with Gasteiger partial charge in [-0.25, -0.2) is 4.98 Å². The maximum absolute atomic E-state index is 12.6.